The lowest BCUT2D eigenvalue weighted by molar-refractivity contribution is 0.123. The number of hydrogen-bond donors (Lipinski definition) is 1. The van der Waals surface area contributed by atoms with Gasteiger partial charge < -0.3 is 5.11 Å². The average Bonchev–Trinajstić information content (AvgIpc) is 2.49. The van der Waals surface area contributed by atoms with Gasteiger partial charge in [-0.1, -0.05) is 20.3 Å². The third kappa shape index (κ3) is 3.71. The number of nitrogens with zero attached hydrogens (tertiary/aromatic N) is 1. The second kappa shape index (κ2) is 5.47. The Labute approximate surface area is 98.7 Å². The Bertz CT molecular complexity index is 313. The maximum atomic E-state index is 11.9. The minimum atomic E-state index is -3.15. The summed E-state index contributed by atoms with van der Waals surface area (Å²) in [7, 11) is -1.53. The molecule has 2 atom stereocenters. The second-order valence-electron chi connectivity index (χ2n) is 5.21. The topological polar surface area (TPSA) is 57.6 Å². The first-order chi connectivity index (χ1) is 7.33. The van der Waals surface area contributed by atoms with Crippen LogP contribution in [0.4, 0.5) is 0 Å². The zero-order valence-corrected chi connectivity index (χ0v) is 11.2. The van der Waals surface area contributed by atoms with Gasteiger partial charge in [0.1, 0.15) is 0 Å². The highest BCUT2D eigenvalue weighted by atomic mass is 32.2. The Morgan fingerprint density at radius 1 is 1.38 bits per heavy atom. The van der Waals surface area contributed by atoms with Gasteiger partial charge in [-0.05, 0) is 24.7 Å². The summed E-state index contributed by atoms with van der Waals surface area (Å²) in [5.41, 5.74) is 0. The van der Waals surface area contributed by atoms with Crippen molar-refractivity contribution in [3.8, 4) is 0 Å². The molecule has 1 N–H and O–H groups in total. The van der Waals surface area contributed by atoms with Crippen molar-refractivity contribution in [3.05, 3.63) is 0 Å². The van der Waals surface area contributed by atoms with Crippen LogP contribution in [-0.2, 0) is 10.0 Å². The molecule has 1 aliphatic rings. The summed E-state index contributed by atoms with van der Waals surface area (Å²) in [5, 5.41) is 9.66. The predicted octanol–water partition coefficient (Wildman–Crippen LogP) is 1.06. The Morgan fingerprint density at radius 2 is 2.00 bits per heavy atom. The lowest BCUT2D eigenvalue weighted by atomic mass is 10.1. The molecule has 1 rings (SSSR count). The van der Waals surface area contributed by atoms with Crippen molar-refractivity contribution in [2.24, 2.45) is 11.8 Å². The standard InChI is InChI=1S/C11H23NO3S/c1-9(2)8-16(14,15)12(3)7-10-5-4-6-11(10)13/h9-11,13H,4-8H2,1-3H3. The van der Waals surface area contributed by atoms with Gasteiger partial charge in [-0.2, -0.15) is 0 Å². The minimum Gasteiger partial charge on any atom is -0.393 e. The van der Waals surface area contributed by atoms with Crippen LogP contribution in [0, 0.1) is 11.8 Å². The molecule has 0 aliphatic heterocycles. The highest BCUT2D eigenvalue weighted by Crippen LogP contribution is 2.26. The molecular weight excluding hydrogens is 226 g/mol. The molecule has 0 bridgehead atoms. The summed E-state index contributed by atoms with van der Waals surface area (Å²) in [4.78, 5) is 0. The fraction of sp³-hybridized carbons (Fsp3) is 1.00. The van der Waals surface area contributed by atoms with Gasteiger partial charge in [-0.25, -0.2) is 12.7 Å². The molecule has 0 aromatic heterocycles. The number of sulfonamides is 1. The number of rotatable bonds is 5. The van der Waals surface area contributed by atoms with E-state index in [1.807, 2.05) is 13.8 Å². The van der Waals surface area contributed by atoms with Gasteiger partial charge in [-0.15, -0.1) is 0 Å². The summed E-state index contributed by atoms with van der Waals surface area (Å²) in [6.45, 7) is 4.25. The average molecular weight is 249 g/mol. The van der Waals surface area contributed by atoms with Crippen LogP contribution in [-0.4, -0.2) is 43.3 Å². The van der Waals surface area contributed by atoms with Crippen LogP contribution in [0.2, 0.25) is 0 Å². The zero-order chi connectivity index (χ0) is 12.3. The van der Waals surface area contributed by atoms with Crippen LogP contribution in [0.3, 0.4) is 0 Å². The first-order valence-corrected chi connectivity index (χ1v) is 7.56. The predicted molar refractivity (Wildman–Crippen MR) is 64.6 cm³/mol. The van der Waals surface area contributed by atoms with E-state index in [0.29, 0.717) is 6.54 Å². The fourth-order valence-electron chi connectivity index (χ4n) is 2.22. The van der Waals surface area contributed by atoms with Crippen molar-refractivity contribution in [1.29, 1.82) is 0 Å². The van der Waals surface area contributed by atoms with Gasteiger partial charge >= 0.3 is 0 Å². The van der Waals surface area contributed by atoms with Crippen LogP contribution in [0.5, 0.6) is 0 Å². The Hall–Kier alpha value is -0.130. The molecule has 96 valence electrons. The van der Waals surface area contributed by atoms with Gasteiger partial charge in [0.05, 0.1) is 11.9 Å². The highest BCUT2D eigenvalue weighted by molar-refractivity contribution is 7.89. The van der Waals surface area contributed by atoms with E-state index in [2.05, 4.69) is 0 Å². The summed E-state index contributed by atoms with van der Waals surface area (Å²) in [5.74, 6) is 0.444. The van der Waals surface area contributed by atoms with E-state index in [1.165, 1.54) is 4.31 Å². The van der Waals surface area contributed by atoms with Crippen LogP contribution in [0.25, 0.3) is 0 Å². The third-order valence-corrected chi connectivity index (χ3v) is 5.32. The van der Waals surface area contributed by atoms with E-state index in [9.17, 15) is 13.5 Å². The SMILES string of the molecule is CC(C)CS(=O)(=O)N(C)CC1CCCC1O. The van der Waals surface area contributed by atoms with E-state index < -0.39 is 10.0 Å². The molecule has 0 saturated heterocycles. The quantitative estimate of drug-likeness (QED) is 0.793. The van der Waals surface area contributed by atoms with Gasteiger partial charge in [0.15, 0.2) is 0 Å². The van der Waals surface area contributed by atoms with Crippen molar-refractivity contribution in [2.75, 3.05) is 19.3 Å². The lowest BCUT2D eigenvalue weighted by Crippen LogP contribution is -2.36. The van der Waals surface area contributed by atoms with Crippen molar-refractivity contribution < 1.29 is 13.5 Å². The zero-order valence-electron chi connectivity index (χ0n) is 10.4. The Morgan fingerprint density at radius 3 is 2.44 bits per heavy atom. The molecule has 1 aliphatic carbocycles. The summed E-state index contributed by atoms with van der Waals surface area (Å²) < 4.78 is 25.2. The van der Waals surface area contributed by atoms with Crippen LogP contribution in [0.1, 0.15) is 33.1 Å². The van der Waals surface area contributed by atoms with Gasteiger partial charge in [0, 0.05) is 13.6 Å². The van der Waals surface area contributed by atoms with Gasteiger partial charge in [0.2, 0.25) is 10.0 Å². The van der Waals surface area contributed by atoms with E-state index in [0.717, 1.165) is 19.3 Å². The summed E-state index contributed by atoms with van der Waals surface area (Å²) in [6.07, 6.45) is 2.42. The van der Waals surface area contributed by atoms with E-state index in [1.54, 1.807) is 7.05 Å². The van der Waals surface area contributed by atoms with Crippen LogP contribution in [0.15, 0.2) is 0 Å². The monoisotopic (exact) mass is 249 g/mol. The third-order valence-electron chi connectivity index (χ3n) is 3.13. The minimum absolute atomic E-state index is 0.118. The van der Waals surface area contributed by atoms with Crippen LogP contribution < -0.4 is 0 Å². The maximum Gasteiger partial charge on any atom is 0.214 e. The van der Waals surface area contributed by atoms with Gasteiger partial charge in [0.25, 0.3) is 0 Å². The summed E-state index contributed by atoms with van der Waals surface area (Å²) >= 11 is 0. The molecule has 5 heteroatoms. The number of aliphatic hydroxyl groups excluding tert-OH is 1. The molecule has 0 radical (unpaired) electrons. The molecule has 4 nitrogen and oxygen atoms in total. The van der Waals surface area contributed by atoms with Crippen LogP contribution >= 0.6 is 0 Å². The number of aliphatic hydroxyl groups is 1. The second-order valence-corrected chi connectivity index (χ2v) is 7.33. The molecule has 0 spiro atoms. The first-order valence-electron chi connectivity index (χ1n) is 5.95. The van der Waals surface area contributed by atoms with E-state index in [-0.39, 0.29) is 23.7 Å². The lowest BCUT2D eigenvalue weighted by Gasteiger charge is -2.23. The maximum absolute atomic E-state index is 11.9. The van der Waals surface area contributed by atoms with Gasteiger partial charge in [-0.3, -0.25) is 0 Å². The Kier molecular flexibility index (Phi) is 4.76. The molecule has 1 fully saturated rings. The molecule has 0 heterocycles. The molecule has 0 aromatic rings. The molecule has 0 amide bonds. The van der Waals surface area contributed by atoms with E-state index >= 15 is 0 Å². The normalized spacial score (nSPS) is 26.9. The molecular formula is C11H23NO3S. The van der Waals surface area contributed by atoms with Crippen molar-refractivity contribution in [1.82, 2.24) is 4.31 Å². The van der Waals surface area contributed by atoms with Crippen molar-refractivity contribution in [3.63, 3.8) is 0 Å². The molecule has 16 heavy (non-hydrogen) atoms. The van der Waals surface area contributed by atoms with Crippen molar-refractivity contribution in [2.45, 2.75) is 39.2 Å². The first kappa shape index (κ1) is 13.9. The Balaban J connectivity index is 2.54. The van der Waals surface area contributed by atoms with E-state index in [4.69, 9.17) is 0 Å². The summed E-state index contributed by atoms with van der Waals surface area (Å²) in [6, 6.07) is 0. The smallest absolute Gasteiger partial charge is 0.214 e. The molecule has 2 unspecified atom stereocenters. The highest BCUT2D eigenvalue weighted by Gasteiger charge is 2.29. The fourth-order valence-corrected chi connectivity index (χ4v) is 3.74. The molecule has 0 aromatic carbocycles. The number of hydrogen-bond acceptors (Lipinski definition) is 3. The van der Waals surface area contributed by atoms with Crippen molar-refractivity contribution >= 4 is 10.0 Å². The molecule has 1 saturated carbocycles. The largest absolute Gasteiger partial charge is 0.393 e.